The van der Waals surface area contributed by atoms with Gasteiger partial charge in [0.1, 0.15) is 5.82 Å². The summed E-state index contributed by atoms with van der Waals surface area (Å²) < 4.78 is 1.92. The summed E-state index contributed by atoms with van der Waals surface area (Å²) in [5, 5.41) is 15.8. The molecule has 2 aromatic heterocycles. The highest BCUT2D eigenvalue weighted by Gasteiger charge is 2.17. The van der Waals surface area contributed by atoms with Crippen molar-refractivity contribution in [3.63, 3.8) is 0 Å². The van der Waals surface area contributed by atoms with E-state index in [1.807, 2.05) is 37.0 Å². The zero-order chi connectivity index (χ0) is 13.8. The van der Waals surface area contributed by atoms with Crippen LogP contribution < -0.4 is 10.6 Å². The van der Waals surface area contributed by atoms with E-state index < -0.39 is 0 Å². The summed E-state index contributed by atoms with van der Waals surface area (Å²) in [6, 6.07) is 0.0973. The Balaban J connectivity index is 2.30. The highest BCUT2D eigenvalue weighted by Crippen LogP contribution is 2.20. The first-order valence-corrected chi connectivity index (χ1v) is 7.40. The third-order valence-electron chi connectivity index (χ3n) is 3.03. The molecule has 0 saturated carbocycles. The van der Waals surface area contributed by atoms with Crippen LogP contribution in [0.5, 0.6) is 0 Å². The molecule has 0 aliphatic rings. The number of nitrogens with zero attached hydrogens (tertiary/aromatic N) is 3. The van der Waals surface area contributed by atoms with Gasteiger partial charge in [-0.25, -0.2) is 9.97 Å². The largest absolute Gasteiger partial charge is 0.395 e. The van der Waals surface area contributed by atoms with Gasteiger partial charge >= 0.3 is 0 Å². The molecule has 0 amide bonds. The van der Waals surface area contributed by atoms with Crippen molar-refractivity contribution in [3.8, 4) is 0 Å². The quantitative estimate of drug-likeness (QED) is 0.741. The Hall–Kier alpha value is -1.47. The number of nitrogens with one attached hydrogen (secondary N) is 2. The first-order chi connectivity index (χ1) is 9.19. The van der Waals surface area contributed by atoms with Crippen molar-refractivity contribution < 1.29 is 5.11 Å². The second-order valence-electron chi connectivity index (χ2n) is 4.27. The molecule has 0 fully saturated rings. The molecule has 2 heterocycles. The molecule has 2 unspecified atom stereocenters. The third kappa shape index (κ3) is 2.93. The number of anilines is 2. The van der Waals surface area contributed by atoms with Gasteiger partial charge in [0.05, 0.1) is 12.8 Å². The second-order valence-corrected chi connectivity index (χ2v) is 5.35. The fourth-order valence-electron chi connectivity index (χ4n) is 1.89. The predicted molar refractivity (Wildman–Crippen MR) is 80.0 cm³/mol. The van der Waals surface area contributed by atoms with Crippen molar-refractivity contribution >= 4 is 29.0 Å². The zero-order valence-electron chi connectivity index (χ0n) is 11.3. The lowest BCUT2D eigenvalue weighted by molar-refractivity contribution is 0.288. The average Bonchev–Trinajstić information content (AvgIpc) is 2.88. The van der Waals surface area contributed by atoms with Crippen molar-refractivity contribution in [1.82, 2.24) is 14.4 Å². The van der Waals surface area contributed by atoms with E-state index in [1.165, 1.54) is 0 Å². The smallest absolute Gasteiger partial charge is 0.180 e. The van der Waals surface area contributed by atoms with E-state index in [9.17, 15) is 5.11 Å². The molecule has 0 aromatic carbocycles. The predicted octanol–water partition coefficient (Wildman–Crippen LogP) is 1.30. The molecule has 0 radical (unpaired) electrons. The molecule has 19 heavy (non-hydrogen) atoms. The number of imidazole rings is 1. The van der Waals surface area contributed by atoms with Crippen LogP contribution in [0.4, 0.5) is 11.6 Å². The molecule has 3 N–H and O–H groups in total. The molecular formula is C12H19N5OS. The minimum Gasteiger partial charge on any atom is -0.395 e. The van der Waals surface area contributed by atoms with Gasteiger partial charge in [0.15, 0.2) is 11.5 Å². The van der Waals surface area contributed by atoms with Gasteiger partial charge in [0, 0.05) is 30.7 Å². The van der Waals surface area contributed by atoms with Crippen LogP contribution in [0.3, 0.4) is 0 Å². The van der Waals surface area contributed by atoms with Crippen LogP contribution in [0, 0.1) is 0 Å². The topological polar surface area (TPSA) is 74.5 Å². The highest BCUT2D eigenvalue weighted by atomic mass is 32.2. The normalized spacial score (nSPS) is 14.3. The second kappa shape index (κ2) is 6.12. The van der Waals surface area contributed by atoms with Gasteiger partial charge in [0.25, 0.3) is 0 Å². The fraction of sp³-hybridized carbons (Fsp3) is 0.500. The lowest BCUT2D eigenvalue weighted by atomic mass is 10.2. The Bertz CT molecular complexity index is 540. The van der Waals surface area contributed by atoms with E-state index in [0.29, 0.717) is 0 Å². The summed E-state index contributed by atoms with van der Waals surface area (Å²) in [6.07, 6.45) is 7.49. The minimum atomic E-state index is 0.0973. The number of aliphatic hydroxyl groups excluding tert-OH is 1. The summed E-state index contributed by atoms with van der Waals surface area (Å²) in [7, 11) is 1.83. The van der Waals surface area contributed by atoms with E-state index in [2.05, 4.69) is 20.6 Å². The van der Waals surface area contributed by atoms with E-state index in [0.717, 1.165) is 17.3 Å². The average molecular weight is 281 g/mol. The summed E-state index contributed by atoms with van der Waals surface area (Å²) in [5.74, 6) is 1.49. The SMILES string of the molecule is CNc1cn2ccnc2c(NC(C)C(CO)SC)n1. The number of hydrogen-bond acceptors (Lipinski definition) is 6. The molecule has 0 spiro atoms. The molecule has 0 bridgehead atoms. The number of rotatable bonds is 6. The number of fused-ring (bicyclic) bond motifs is 1. The number of aliphatic hydroxyl groups is 1. The molecule has 2 rings (SSSR count). The minimum absolute atomic E-state index is 0.0973. The van der Waals surface area contributed by atoms with Crippen molar-refractivity contribution in [2.75, 3.05) is 30.5 Å². The summed E-state index contributed by atoms with van der Waals surface area (Å²) >= 11 is 1.63. The number of thioether (sulfide) groups is 1. The van der Waals surface area contributed by atoms with Gasteiger partial charge in [-0.15, -0.1) is 0 Å². The van der Waals surface area contributed by atoms with Crippen LogP contribution in [0.15, 0.2) is 18.6 Å². The Labute approximate surface area is 116 Å². The third-order valence-corrected chi connectivity index (χ3v) is 4.20. The van der Waals surface area contributed by atoms with E-state index >= 15 is 0 Å². The van der Waals surface area contributed by atoms with Crippen LogP contribution in [0.2, 0.25) is 0 Å². The van der Waals surface area contributed by atoms with Crippen LogP contribution in [0.1, 0.15) is 6.92 Å². The number of aromatic nitrogens is 3. The molecular weight excluding hydrogens is 262 g/mol. The van der Waals surface area contributed by atoms with Crippen LogP contribution in [0.25, 0.3) is 5.65 Å². The maximum Gasteiger partial charge on any atom is 0.180 e. The molecule has 104 valence electrons. The summed E-state index contributed by atoms with van der Waals surface area (Å²) in [6.45, 7) is 2.16. The molecule has 7 heteroatoms. The van der Waals surface area contributed by atoms with Crippen LogP contribution in [-0.4, -0.2) is 50.7 Å². The van der Waals surface area contributed by atoms with Gasteiger partial charge in [-0.3, -0.25) is 0 Å². The Morgan fingerprint density at radius 3 is 2.95 bits per heavy atom. The van der Waals surface area contributed by atoms with Crippen molar-refractivity contribution in [2.45, 2.75) is 18.2 Å². The molecule has 2 aromatic rings. The maximum absolute atomic E-state index is 9.33. The van der Waals surface area contributed by atoms with E-state index in [1.54, 1.807) is 18.0 Å². The van der Waals surface area contributed by atoms with E-state index in [-0.39, 0.29) is 17.9 Å². The lowest BCUT2D eigenvalue weighted by Crippen LogP contribution is -2.31. The monoisotopic (exact) mass is 281 g/mol. The van der Waals surface area contributed by atoms with Crippen LogP contribution >= 0.6 is 11.8 Å². The first-order valence-electron chi connectivity index (χ1n) is 6.11. The maximum atomic E-state index is 9.33. The van der Waals surface area contributed by atoms with Gasteiger partial charge in [0.2, 0.25) is 0 Å². The summed E-state index contributed by atoms with van der Waals surface area (Å²) in [5.41, 5.74) is 0.781. The Morgan fingerprint density at radius 1 is 1.53 bits per heavy atom. The standard InChI is InChI=1S/C12H19N5OS/c1-8(9(7-18)19-3)15-11-12-14-4-5-17(12)6-10(13-2)16-11/h4-6,8-9,13,18H,7H2,1-3H3,(H,15,16). The molecule has 6 nitrogen and oxygen atoms in total. The Morgan fingerprint density at radius 2 is 2.32 bits per heavy atom. The van der Waals surface area contributed by atoms with Gasteiger partial charge < -0.3 is 20.1 Å². The van der Waals surface area contributed by atoms with Crippen molar-refractivity contribution in [1.29, 1.82) is 0 Å². The molecule has 0 aliphatic heterocycles. The highest BCUT2D eigenvalue weighted by molar-refractivity contribution is 7.99. The first kappa shape index (κ1) is 14.0. The van der Waals surface area contributed by atoms with Gasteiger partial charge in [-0.2, -0.15) is 11.8 Å². The molecule has 0 aliphatic carbocycles. The van der Waals surface area contributed by atoms with Gasteiger partial charge in [-0.05, 0) is 13.2 Å². The van der Waals surface area contributed by atoms with Crippen molar-refractivity contribution in [2.24, 2.45) is 0 Å². The van der Waals surface area contributed by atoms with Gasteiger partial charge in [-0.1, -0.05) is 0 Å². The molecule has 0 saturated heterocycles. The Kier molecular flexibility index (Phi) is 4.49. The number of hydrogen-bond donors (Lipinski definition) is 3. The zero-order valence-corrected chi connectivity index (χ0v) is 12.1. The molecule has 2 atom stereocenters. The lowest BCUT2D eigenvalue weighted by Gasteiger charge is -2.22. The fourth-order valence-corrected chi connectivity index (χ4v) is 2.52. The van der Waals surface area contributed by atoms with Crippen LogP contribution in [-0.2, 0) is 0 Å². The van der Waals surface area contributed by atoms with Crippen molar-refractivity contribution in [3.05, 3.63) is 18.6 Å². The van der Waals surface area contributed by atoms with E-state index in [4.69, 9.17) is 0 Å². The summed E-state index contributed by atoms with van der Waals surface area (Å²) in [4.78, 5) is 8.79.